The van der Waals surface area contributed by atoms with Crippen molar-refractivity contribution in [1.82, 2.24) is 9.78 Å². The number of aryl methyl sites for hydroxylation is 2. The minimum atomic E-state index is -0.350. The summed E-state index contributed by atoms with van der Waals surface area (Å²) in [6.07, 6.45) is -0.229. The van der Waals surface area contributed by atoms with Crippen LogP contribution in [0.1, 0.15) is 25.1 Å². The quantitative estimate of drug-likeness (QED) is 0.784. The minimum Gasteiger partial charge on any atom is -0.394 e. The van der Waals surface area contributed by atoms with Crippen LogP contribution in [0.15, 0.2) is 0 Å². The molecule has 0 spiro atoms. The molecule has 1 saturated heterocycles. The van der Waals surface area contributed by atoms with E-state index in [0.29, 0.717) is 18.1 Å². The lowest BCUT2D eigenvalue weighted by Crippen LogP contribution is -2.54. The number of ether oxygens (including phenoxy) is 1. The third-order valence-corrected chi connectivity index (χ3v) is 3.63. The molecule has 2 rings (SSSR count). The van der Waals surface area contributed by atoms with Gasteiger partial charge in [0.2, 0.25) is 0 Å². The number of hydrogen-bond acceptors (Lipinski definition) is 5. The Hall–Kier alpha value is -1.18. The summed E-state index contributed by atoms with van der Waals surface area (Å²) in [5.74, 6) is 0.893. The maximum atomic E-state index is 9.42. The Kier molecular flexibility index (Phi) is 4.04. The molecule has 0 radical (unpaired) electrons. The van der Waals surface area contributed by atoms with Crippen LogP contribution in [0.3, 0.4) is 0 Å². The molecule has 3 N–H and O–H groups in total. The summed E-state index contributed by atoms with van der Waals surface area (Å²) in [6.45, 7) is 7.18. The Labute approximate surface area is 124 Å². The highest BCUT2D eigenvalue weighted by Gasteiger charge is 2.35. The van der Waals surface area contributed by atoms with E-state index in [1.54, 1.807) is 4.68 Å². The van der Waals surface area contributed by atoms with Crippen molar-refractivity contribution < 1.29 is 9.84 Å². The molecule has 0 amide bonds. The third kappa shape index (κ3) is 2.79. The summed E-state index contributed by atoms with van der Waals surface area (Å²) in [5.41, 5.74) is 7.11. The highest BCUT2D eigenvalue weighted by atomic mass is 32.1. The molecule has 0 aliphatic carbocycles. The van der Waals surface area contributed by atoms with Gasteiger partial charge in [-0.15, -0.1) is 0 Å². The maximum Gasteiger partial charge on any atom is 0.137 e. The lowest BCUT2D eigenvalue weighted by molar-refractivity contribution is -0.101. The van der Waals surface area contributed by atoms with Gasteiger partial charge in [-0.1, -0.05) is 12.2 Å². The van der Waals surface area contributed by atoms with E-state index in [4.69, 9.17) is 22.7 Å². The van der Waals surface area contributed by atoms with Gasteiger partial charge in [0.05, 0.1) is 29.6 Å². The number of nitrogens with zero attached hydrogens (tertiary/aromatic N) is 3. The van der Waals surface area contributed by atoms with Crippen molar-refractivity contribution in [1.29, 1.82) is 0 Å². The summed E-state index contributed by atoms with van der Waals surface area (Å²) in [7, 11) is 1.88. The van der Waals surface area contributed by atoms with E-state index in [2.05, 4.69) is 10.00 Å². The van der Waals surface area contributed by atoms with Crippen molar-refractivity contribution in [2.24, 2.45) is 12.8 Å². The van der Waals surface area contributed by atoms with E-state index in [1.165, 1.54) is 0 Å². The van der Waals surface area contributed by atoms with E-state index in [9.17, 15) is 5.11 Å². The van der Waals surface area contributed by atoms with E-state index >= 15 is 0 Å². The Bertz CT molecular complexity index is 527. The van der Waals surface area contributed by atoms with Crippen LogP contribution in [0.2, 0.25) is 0 Å². The normalized spacial score (nSPS) is 22.1. The first kappa shape index (κ1) is 15.2. The number of aliphatic hydroxyl groups excluding tert-OH is 1. The number of aliphatic hydroxyl groups is 1. The fourth-order valence-electron chi connectivity index (χ4n) is 2.85. The largest absolute Gasteiger partial charge is 0.394 e. The summed E-state index contributed by atoms with van der Waals surface area (Å²) in [4.78, 5) is 2.48. The van der Waals surface area contributed by atoms with Gasteiger partial charge >= 0.3 is 0 Å². The number of thiocarbonyl (C=S) groups is 1. The van der Waals surface area contributed by atoms with Crippen molar-refractivity contribution in [3.63, 3.8) is 0 Å². The molecule has 1 aromatic heterocycles. The first-order chi connectivity index (χ1) is 9.25. The molecule has 0 aromatic carbocycles. The van der Waals surface area contributed by atoms with Crippen LogP contribution in [0.25, 0.3) is 0 Å². The van der Waals surface area contributed by atoms with Crippen LogP contribution in [0, 0.1) is 6.92 Å². The number of nitrogens with two attached hydrogens (primary N) is 1. The smallest absolute Gasteiger partial charge is 0.137 e. The molecule has 0 bridgehead atoms. The van der Waals surface area contributed by atoms with Gasteiger partial charge in [-0.2, -0.15) is 5.10 Å². The summed E-state index contributed by atoms with van der Waals surface area (Å²) in [5, 5.41) is 13.8. The molecule has 1 unspecified atom stereocenters. The fourth-order valence-corrected chi connectivity index (χ4v) is 3.09. The average Bonchev–Trinajstić information content (AvgIpc) is 2.62. The standard InChI is InChI=1S/C13H22N4O2S/c1-8-10(11(14)20)12(16(4)15-8)17-5-9(6-18)19-13(2,3)7-17/h9,18H,5-7H2,1-4H3,(H2,14,20). The molecule has 1 fully saturated rings. The van der Waals surface area contributed by atoms with Crippen LogP contribution in [-0.2, 0) is 11.8 Å². The predicted molar refractivity (Wildman–Crippen MR) is 82.1 cm³/mol. The summed E-state index contributed by atoms with van der Waals surface area (Å²) < 4.78 is 7.63. The van der Waals surface area contributed by atoms with Gasteiger partial charge in [-0.3, -0.25) is 4.68 Å². The van der Waals surface area contributed by atoms with Gasteiger partial charge in [0.25, 0.3) is 0 Å². The predicted octanol–water partition coefficient (Wildman–Crippen LogP) is 0.339. The molecule has 6 nitrogen and oxygen atoms in total. The van der Waals surface area contributed by atoms with Crippen LogP contribution < -0.4 is 10.6 Å². The molecular weight excluding hydrogens is 276 g/mol. The molecule has 1 atom stereocenters. The molecule has 112 valence electrons. The Morgan fingerprint density at radius 1 is 1.60 bits per heavy atom. The van der Waals surface area contributed by atoms with Crippen molar-refractivity contribution in [2.75, 3.05) is 24.6 Å². The second-order valence-corrected chi connectivity index (χ2v) is 6.27. The number of anilines is 1. The second kappa shape index (κ2) is 5.31. The van der Waals surface area contributed by atoms with Gasteiger partial charge in [0, 0.05) is 20.1 Å². The number of rotatable bonds is 3. The lowest BCUT2D eigenvalue weighted by atomic mass is 10.0. The number of morpholine rings is 1. The molecule has 20 heavy (non-hydrogen) atoms. The second-order valence-electron chi connectivity index (χ2n) is 5.83. The lowest BCUT2D eigenvalue weighted by Gasteiger charge is -2.43. The Morgan fingerprint density at radius 2 is 2.25 bits per heavy atom. The Morgan fingerprint density at radius 3 is 2.80 bits per heavy atom. The van der Waals surface area contributed by atoms with Crippen LogP contribution in [0.4, 0.5) is 5.82 Å². The zero-order valence-corrected chi connectivity index (χ0v) is 13.2. The first-order valence-electron chi connectivity index (χ1n) is 6.62. The van der Waals surface area contributed by atoms with E-state index in [-0.39, 0.29) is 18.3 Å². The molecule has 1 aliphatic rings. The van der Waals surface area contributed by atoms with Crippen molar-refractivity contribution in [3.8, 4) is 0 Å². The van der Waals surface area contributed by atoms with Gasteiger partial charge in [0.1, 0.15) is 10.8 Å². The third-order valence-electron chi connectivity index (χ3n) is 3.42. The number of aromatic nitrogens is 2. The summed E-state index contributed by atoms with van der Waals surface area (Å²) in [6, 6.07) is 0. The highest BCUT2D eigenvalue weighted by molar-refractivity contribution is 7.80. The zero-order valence-electron chi connectivity index (χ0n) is 12.4. The van der Waals surface area contributed by atoms with Gasteiger partial charge in [-0.25, -0.2) is 0 Å². The monoisotopic (exact) mass is 298 g/mol. The molecule has 1 aliphatic heterocycles. The van der Waals surface area contributed by atoms with Crippen LogP contribution in [0.5, 0.6) is 0 Å². The molecular formula is C13H22N4O2S. The molecule has 7 heteroatoms. The van der Waals surface area contributed by atoms with Gasteiger partial charge in [0.15, 0.2) is 0 Å². The zero-order chi connectivity index (χ0) is 15.1. The van der Waals surface area contributed by atoms with E-state index < -0.39 is 0 Å². The summed E-state index contributed by atoms with van der Waals surface area (Å²) >= 11 is 5.15. The Balaban J connectivity index is 2.42. The average molecular weight is 298 g/mol. The van der Waals surface area contributed by atoms with Crippen LogP contribution in [-0.4, -0.2) is 51.3 Å². The molecule has 1 aromatic rings. The SMILES string of the molecule is Cc1nn(C)c(N2CC(CO)OC(C)(C)C2)c1C(N)=S. The first-order valence-corrected chi connectivity index (χ1v) is 7.03. The van der Waals surface area contributed by atoms with Gasteiger partial charge < -0.3 is 20.5 Å². The fraction of sp³-hybridized carbons (Fsp3) is 0.692. The maximum absolute atomic E-state index is 9.42. The topological polar surface area (TPSA) is 76.5 Å². The van der Waals surface area contributed by atoms with E-state index in [1.807, 2.05) is 27.8 Å². The van der Waals surface area contributed by atoms with E-state index in [0.717, 1.165) is 17.1 Å². The number of hydrogen-bond donors (Lipinski definition) is 2. The molecule has 2 heterocycles. The van der Waals surface area contributed by atoms with Crippen molar-refractivity contribution >= 4 is 23.0 Å². The van der Waals surface area contributed by atoms with Gasteiger partial charge in [-0.05, 0) is 20.8 Å². The minimum absolute atomic E-state index is 0.0147. The highest BCUT2D eigenvalue weighted by Crippen LogP contribution is 2.29. The molecule has 0 saturated carbocycles. The van der Waals surface area contributed by atoms with Crippen LogP contribution >= 0.6 is 12.2 Å². The van der Waals surface area contributed by atoms with Crippen molar-refractivity contribution in [3.05, 3.63) is 11.3 Å². The van der Waals surface area contributed by atoms with Crippen molar-refractivity contribution in [2.45, 2.75) is 32.5 Å².